The summed E-state index contributed by atoms with van der Waals surface area (Å²) in [7, 11) is 0. The summed E-state index contributed by atoms with van der Waals surface area (Å²) in [6.45, 7) is 0. The average Bonchev–Trinajstić information content (AvgIpc) is 2.05. The maximum Gasteiger partial charge on any atom is 0.0612 e. The summed E-state index contributed by atoms with van der Waals surface area (Å²) >= 11 is 0. The van der Waals surface area contributed by atoms with Gasteiger partial charge >= 0.3 is 0 Å². The van der Waals surface area contributed by atoms with E-state index >= 15 is 0 Å². The van der Waals surface area contributed by atoms with Crippen molar-refractivity contribution in [1.82, 2.24) is 5.43 Å². The number of hydrogen-bond donors (Lipinski definition) is 2. The van der Waals surface area contributed by atoms with Crippen LogP contribution in [0.2, 0.25) is 0 Å². The van der Waals surface area contributed by atoms with Gasteiger partial charge in [-0.1, -0.05) is 18.2 Å². The number of rotatable bonds is 0. The lowest BCUT2D eigenvalue weighted by molar-refractivity contribution is 1.05. The van der Waals surface area contributed by atoms with Gasteiger partial charge in [0.1, 0.15) is 0 Å². The van der Waals surface area contributed by atoms with E-state index in [0.29, 0.717) is 0 Å². The summed E-state index contributed by atoms with van der Waals surface area (Å²) in [5.74, 6) is 0. The van der Waals surface area contributed by atoms with Crippen LogP contribution in [-0.2, 0) is 0 Å². The van der Waals surface area contributed by atoms with Crippen molar-refractivity contribution >= 4 is 11.8 Å². The first-order valence-electron chi connectivity index (χ1n) is 3.24. The normalized spacial score (nSPS) is 13.2. The molecule has 0 radical (unpaired) electrons. The number of hydrogen-bond acceptors (Lipinski definition) is 2. The smallest absolute Gasteiger partial charge is 0.0612 e. The SMILES string of the molecule is C1=Cc2ccccc2NN1. The van der Waals surface area contributed by atoms with Crippen molar-refractivity contribution in [2.24, 2.45) is 0 Å². The van der Waals surface area contributed by atoms with Crippen molar-refractivity contribution in [3.63, 3.8) is 0 Å². The van der Waals surface area contributed by atoms with Crippen LogP contribution in [0.3, 0.4) is 0 Å². The molecule has 0 unspecified atom stereocenters. The zero-order valence-corrected chi connectivity index (χ0v) is 5.46. The van der Waals surface area contributed by atoms with E-state index < -0.39 is 0 Å². The second-order valence-corrected chi connectivity index (χ2v) is 2.19. The molecular formula is C8H8N2. The van der Waals surface area contributed by atoms with Crippen LogP contribution in [0.5, 0.6) is 0 Å². The third kappa shape index (κ3) is 0.739. The minimum Gasteiger partial charge on any atom is -0.308 e. The zero-order chi connectivity index (χ0) is 6.81. The Labute approximate surface area is 59.5 Å². The maximum absolute atomic E-state index is 3.03. The molecule has 1 aromatic carbocycles. The standard InChI is InChI=1S/C8H8N2/c1-2-4-8-7(3-1)5-6-9-10-8/h1-6,9-10H. The fourth-order valence-electron chi connectivity index (χ4n) is 1.01. The minimum absolute atomic E-state index is 1.13. The molecule has 1 heterocycles. The number of para-hydroxylation sites is 1. The molecule has 50 valence electrons. The predicted molar refractivity (Wildman–Crippen MR) is 42.2 cm³/mol. The number of anilines is 1. The fraction of sp³-hybridized carbons (Fsp3) is 0. The molecule has 0 saturated heterocycles. The van der Waals surface area contributed by atoms with Gasteiger partial charge < -0.3 is 10.9 Å². The van der Waals surface area contributed by atoms with Crippen LogP contribution in [0.15, 0.2) is 30.5 Å². The van der Waals surface area contributed by atoms with E-state index in [4.69, 9.17) is 0 Å². The molecule has 1 aromatic rings. The summed E-state index contributed by atoms with van der Waals surface area (Å²) in [5.41, 5.74) is 8.29. The number of fused-ring (bicyclic) bond motifs is 1. The molecule has 0 amide bonds. The topological polar surface area (TPSA) is 24.1 Å². The Hall–Kier alpha value is -1.44. The second-order valence-electron chi connectivity index (χ2n) is 2.19. The van der Waals surface area contributed by atoms with Crippen molar-refractivity contribution in [3.05, 3.63) is 36.0 Å². The van der Waals surface area contributed by atoms with Crippen LogP contribution in [0.25, 0.3) is 6.08 Å². The lowest BCUT2D eigenvalue weighted by atomic mass is 10.1. The van der Waals surface area contributed by atoms with Gasteiger partial charge in [-0.15, -0.1) is 0 Å². The molecule has 0 saturated carbocycles. The van der Waals surface area contributed by atoms with Gasteiger partial charge in [-0.05, 0) is 12.1 Å². The molecule has 2 nitrogen and oxygen atoms in total. The Morgan fingerprint density at radius 3 is 2.90 bits per heavy atom. The highest BCUT2D eigenvalue weighted by Crippen LogP contribution is 2.17. The fourth-order valence-corrected chi connectivity index (χ4v) is 1.01. The Kier molecular flexibility index (Phi) is 1.10. The van der Waals surface area contributed by atoms with Crippen molar-refractivity contribution in [2.45, 2.75) is 0 Å². The van der Waals surface area contributed by atoms with Gasteiger partial charge in [0.25, 0.3) is 0 Å². The molecule has 0 spiro atoms. The molecule has 1 aliphatic heterocycles. The minimum atomic E-state index is 1.13. The average molecular weight is 132 g/mol. The molecular weight excluding hydrogens is 124 g/mol. The zero-order valence-electron chi connectivity index (χ0n) is 5.46. The lowest BCUT2D eigenvalue weighted by Crippen LogP contribution is -2.17. The quantitative estimate of drug-likeness (QED) is 0.560. The Bertz CT molecular complexity index is 266. The van der Waals surface area contributed by atoms with E-state index in [2.05, 4.69) is 16.9 Å². The summed E-state index contributed by atoms with van der Waals surface area (Å²) in [6, 6.07) is 8.13. The van der Waals surface area contributed by atoms with Crippen molar-refractivity contribution < 1.29 is 0 Å². The van der Waals surface area contributed by atoms with Crippen LogP contribution < -0.4 is 10.9 Å². The van der Waals surface area contributed by atoms with E-state index in [1.165, 1.54) is 5.56 Å². The molecule has 2 heteroatoms. The third-order valence-electron chi connectivity index (χ3n) is 1.51. The third-order valence-corrected chi connectivity index (χ3v) is 1.51. The first kappa shape index (κ1) is 5.35. The highest BCUT2D eigenvalue weighted by Gasteiger charge is 1.98. The van der Waals surface area contributed by atoms with Gasteiger partial charge in [-0.25, -0.2) is 0 Å². The number of benzene rings is 1. The first-order valence-corrected chi connectivity index (χ1v) is 3.24. The predicted octanol–water partition coefficient (Wildman–Crippen LogP) is 1.59. The van der Waals surface area contributed by atoms with Gasteiger partial charge in [0.05, 0.1) is 5.69 Å². The van der Waals surface area contributed by atoms with Crippen molar-refractivity contribution in [3.8, 4) is 0 Å². The van der Waals surface area contributed by atoms with Crippen molar-refractivity contribution in [1.29, 1.82) is 0 Å². The van der Waals surface area contributed by atoms with Crippen LogP contribution in [0.1, 0.15) is 5.56 Å². The molecule has 0 bridgehead atoms. The van der Waals surface area contributed by atoms with Crippen LogP contribution in [0.4, 0.5) is 5.69 Å². The van der Waals surface area contributed by atoms with Gasteiger partial charge in [-0.3, -0.25) is 0 Å². The Morgan fingerprint density at radius 2 is 2.00 bits per heavy atom. The molecule has 0 atom stereocenters. The molecule has 1 aliphatic rings. The second kappa shape index (κ2) is 2.06. The summed E-state index contributed by atoms with van der Waals surface area (Å²) in [4.78, 5) is 0. The number of hydrazine groups is 1. The highest BCUT2D eigenvalue weighted by molar-refractivity contribution is 5.68. The number of nitrogens with one attached hydrogen (secondary N) is 2. The summed E-state index contributed by atoms with van der Waals surface area (Å²) in [5, 5.41) is 0. The van der Waals surface area contributed by atoms with Crippen LogP contribution in [-0.4, -0.2) is 0 Å². The molecule has 0 fully saturated rings. The molecule has 2 N–H and O–H groups in total. The largest absolute Gasteiger partial charge is 0.308 e. The molecule has 0 aromatic heterocycles. The maximum atomic E-state index is 3.03. The van der Waals surface area contributed by atoms with Crippen LogP contribution >= 0.6 is 0 Å². The lowest BCUT2D eigenvalue weighted by Gasteiger charge is -2.12. The van der Waals surface area contributed by atoms with E-state index in [1.807, 2.05) is 30.5 Å². The highest BCUT2D eigenvalue weighted by atomic mass is 15.3. The van der Waals surface area contributed by atoms with E-state index in [0.717, 1.165) is 5.69 Å². The molecule has 10 heavy (non-hydrogen) atoms. The van der Waals surface area contributed by atoms with Gasteiger partial charge in [0.2, 0.25) is 0 Å². The Morgan fingerprint density at radius 1 is 1.10 bits per heavy atom. The van der Waals surface area contributed by atoms with Crippen molar-refractivity contribution in [2.75, 3.05) is 5.43 Å². The first-order chi connectivity index (χ1) is 4.97. The van der Waals surface area contributed by atoms with E-state index in [1.54, 1.807) is 0 Å². The summed E-state index contributed by atoms with van der Waals surface area (Å²) in [6.07, 6.45) is 3.91. The monoisotopic (exact) mass is 132 g/mol. The van der Waals surface area contributed by atoms with Gasteiger partial charge in [-0.2, -0.15) is 0 Å². The van der Waals surface area contributed by atoms with Gasteiger partial charge in [0, 0.05) is 11.8 Å². The summed E-state index contributed by atoms with van der Waals surface area (Å²) < 4.78 is 0. The van der Waals surface area contributed by atoms with E-state index in [-0.39, 0.29) is 0 Å². The van der Waals surface area contributed by atoms with Crippen LogP contribution in [0, 0.1) is 0 Å². The molecule has 2 rings (SSSR count). The Balaban J connectivity index is 2.54. The van der Waals surface area contributed by atoms with Gasteiger partial charge in [0.15, 0.2) is 0 Å². The van der Waals surface area contributed by atoms with E-state index in [9.17, 15) is 0 Å². The molecule has 0 aliphatic carbocycles.